The first-order valence-corrected chi connectivity index (χ1v) is 9.83. The van der Waals surface area contributed by atoms with Crippen molar-refractivity contribution in [3.63, 3.8) is 0 Å². The molecule has 0 saturated carbocycles. The van der Waals surface area contributed by atoms with E-state index < -0.39 is 79.2 Å². The molecule has 0 radical (unpaired) electrons. The second-order valence-electron chi connectivity index (χ2n) is 7.49. The maximum absolute atomic E-state index is 15.3. The molecule has 0 heterocycles. The van der Waals surface area contributed by atoms with Gasteiger partial charge in [-0.1, -0.05) is 60.7 Å². The average Bonchev–Trinajstić information content (AvgIpc) is 2.87. The normalized spacial score (nSPS) is 11.5. The molecule has 8 heteroatoms. The Morgan fingerprint density at radius 2 is 0.529 bits per heavy atom. The number of halogens is 8. The highest BCUT2D eigenvalue weighted by molar-refractivity contribution is 6.22. The molecular weight excluding hydrogens is 464 g/mol. The molecule has 0 aromatic heterocycles. The van der Waals surface area contributed by atoms with Crippen molar-refractivity contribution < 1.29 is 35.1 Å². The summed E-state index contributed by atoms with van der Waals surface area (Å²) in [5.41, 5.74) is -1.50. The molecule has 0 aliphatic rings. The number of hydrogen-bond donors (Lipinski definition) is 0. The Labute approximate surface area is 186 Å². The molecule has 0 fully saturated rings. The molecule has 0 spiro atoms. The van der Waals surface area contributed by atoms with Crippen molar-refractivity contribution in [3.8, 4) is 22.3 Å². The minimum absolute atomic E-state index is 0.0919. The Bertz CT molecular complexity index is 1410. The fourth-order valence-electron chi connectivity index (χ4n) is 4.24. The van der Waals surface area contributed by atoms with Crippen molar-refractivity contribution in [3.05, 3.63) is 107 Å². The summed E-state index contributed by atoms with van der Waals surface area (Å²) in [4.78, 5) is 0. The lowest BCUT2D eigenvalue weighted by Gasteiger charge is -2.20. The molecule has 0 unspecified atom stereocenters. The monoisotopic (exact) mass is 474 g/mol. The van der Waals surface area contributed by atoms with Crippen LogP contribution in [0.4, 0.5) is 35.1 Å². The lowest BCUT2D eigenvalue weighted by Crippen LogP contribution is -2.06. The van der Waals surface area contributed by atoms with Gasteiger partial charge in [0, 0.05) is 32.7 Å². The summed E-state index contributed by atoms with van der Waals surface area (Å²) >= 11 is 0. The maximum Gasteiger partial charge on any atom is 0.198 e. The van der Waals surface area contributed by atoms with E-state index in [-0.39, 0.29) is 11.1 Å². The molecule has 0 aliphatic heterocycles. The van der Waals surface area contributed by atoms with Crippen LogP contribution in [-0.4, -0.2) is 0 Å². The zero-order valence-electron chi connectivity index (χ0n) is 16.8. The highest BCUT2D eigenvalue weighted by Gasteiger charge is 2.33. The van der Waals surface area contributed by atoms with Crippen LogP contribution in [0, 0.1) is 46.5 Å². The van der Waals surface area contributed by atoms with Gasteiger partial charge in [0.15, 0.2) is 46.5 Å². The lowest BCUT2D eigenvalue weighted by atomic mass is 9.84. The summed E-state index contributed by atoms with van der Waals surface area (Å²) < 4.78 is 119. The Balaban J connectivity index is 2.26. The van der Waals surface area contributed by atoms with Gasteiger partial charge in [0.25, 0.3) is 0 Å². The Hall–Kier alpha value is -3.94. The predicted molar refractivity (Wildman–Crippen MR) is 112 cm³/mol. The quantitative estimate of drug-likeness (QED) is 0.104. The van der Waals surface area contributed by atoms with Crippen LogP contribution in [0.15, 0.2) is 60.7 Å². The predicted octanol–water partition coefficient (Wildman–Crippen LogP) is 8.44. The fourth-order valence-corrected chi connectivity index (χ4v) is 4.24. The Kier molecular flexibility index (Phi) is 5.04. The zero-order chi connectivity index (χ0) is 24.3. The zero-order valence-corrected chi connectivity index (χ0v) is 16.8. The van der Waals surface area contributed by atoms with Crippen molar-refractivity contribution in [2.24, 2.45) is 0 Å². The van der Waals surface area contributed by atoms with Crippen LogP contribution in [0.2, 0.25) is 0 Å². The van der Waals surface area contributed by atoms with Gasteiger partial charge in [0.2, 0.25) is 0 Å². The number of fused-ring (bicyclic) bond motifs is 2. The summed E-state index contributed by atoms with van der Waals surface area (Å²) in [6.45, 7) is 0. The number of rotatable bonds is 2. The van der Waals surface area contributed by atoms with Gasteiger partial charge in [-0.15, -0.1) is 0 Å². The molecule has 0 saturated heterocycles. The second kappa shape index (κ2) is 7.83. The molecule has 34 heavy (non-hydrogen) atoms. The summed E-state index contributed by atoms with van der Waals surface area (Å²) in [6.07, 6.45) is 0. The Morgan fingerprint density at radius 1 is 0.294 bits per heavy atom. The number of hydrogen-bond acceptors (Lipinski definition) is 0. The molecule has 0 aliphatic carbocycles. The van der Waals surface area contributed by atoms with Gasteiger partial charge in [0.05, 0.1) is 0 Å². The lowest BCUT2D eigenvalue weighted by molar-refractivity contribution is 0.416. The third kappa shape index (κ3) is 2.91. The summed E-state index contributed by atoms with van der Waals surface area (Å²) in [5.74, 6) is -16.3. The second-order valence-corrected chi connectivity index (χ2v) is 7.49. The van der Waals surface area contributed by atoms with Crippen LogP contribution in [0.1, 0.15) is 0 Å². The average molecular weight is 474 g/mol. The molecular formula is C26H10F8. The van der Waals surface area contributed by atoms with Gasteiger partial charge in [-0.2, -0.15) is 0 Å². The highest BCUT2D eigenvalue weighted by atomic mass is 19.2. The third-order valence-electron chi connectivity index (χ3n) is 5.66. The topological polar surface area (TPSA) is 0 Å². The van der Waals surface area contributed by atoms with Gasteiger partial charge >= 0.3 is 0 Å². The van der Waals surface area contributed by atoms with Crippen LogP contribution in [0.3, 0.4) is 0 Å². The molecule has 5 rings (SSSR count). The summed E-state index contributed by atoms with van der Waals surface area (Å²) in [7, 11) is 0. The van der Waals surface area contributed by atoms with Crippen LogP contribution in [0.5, 0.6) is 0 Å². The minimum atomic E-state index is -2.19. The van der Waals surface area contributed by atoms with Crippen LogP contribution < -0.4 is 0 Å². The van der Waals surface area contributed by atoms with E-state index in [9.17, 15) is 17.6 Å². The van der Waals surface area contributed by atoms with Gasteiger partial charge in [0.1, 0.15) is 0 Å². The van der Waals surface area contributed by atoms with Gasteiger partial charge in [-0.3, -0.25) is 0 Å². The van der Waals surface area contributed by atoms with E-state index in [2.05, 4.69) is 0 Å². The van der Waals surface area contributed by atoms with Crippen LogP contribution in [-0.2, 0) is 0 Å². The first-order valence-electron chi connectivity index (χ1n) is 9.83. The molecule has 0 amide bonds. The van der Waals surface area contributed by atoms with Crippen molar-refractivity contribution in [1.82, 2.24) is 0 Å². The molecule has 0 N–H and O–H groups in total. The van der Waals surface area contributed by atoms with Gasteiger partial charge in [-0.25, -0.2) is 35.1 Å². The Morgan fingerprint density at radius 3 is 0.765 bits per heavy atom. The highest BCUT2D eigenvalue weighted by Crippen LogP contribution is 2.48. The maximum atomic E-state index is 15.3. The van der Waals surface area contributed by atoms with E-state index in [1.54, 1.807) is 0 Å². The summed E-state index contributed by atoms with van der Waals surface area (Å²) in [6, 6.07) is 13.7. The molecule has 5 aromatic carbocycles. The van der Waals surface area contributed by atoms with E-state index in [1.807, 2.05) is 0 Å². The summed E-state index contributed by atoms with van der Waals surface area (Å²) in [5, 5.41) is -3.78. The standard InChI is InChI=1S/C26H10F8/c27-19-15-13(11-7-3-1-4-8-11)16-18(22(30)26(34)24(32)20(16)28)14(12-9-5-2-6-10-12)17(15)21(29)25(33)23(19)31/h1-10H. The van der Waals surface area contributed by atoms with Crippen LogP contribution >= 0.6 is 0 Å². The largest absolute Gasteiger partial charge is 0.203 e. The SMILES string of the molecule is Fc1c(F)c(F)c2c(-c3ccccc3)c3c(F)c(F)c(F)c(F)c3c(-c3ccccc3)c2c1F. The molecule has 0 bridgehead atoms. The van der Waals surface area contributed by atoms with Crippen molar-refractivity contribution in [2.45, 2.75) is 0 Å². The first kappa shape index (κ1) is 21.9. The van der Waals surface area contributed by atoms with Gasteiger partial charge in [-0.05, 0) is 11.1 Å². The van der Waals surface area contributed by atoms with E-state index in [0.29, 0.717) is 0 Å². The van der Waals surface area contributed by atoms with Crippen LogP contribution in [0.25, 0.3) is 43.8 Å². The molecule has 170 valence electrons. The molecule has 0 atom stereocenters. The molecule has 5 aromatic rings. The van der Waals surface area contributed by atoms with Crippen molar-refractivity contribution in [1.29, 1.82) is 0 Å². The third-order valence-corrected chi connectivity index (χ3v) is 5.66. The van der Waals surface area contributed by atoms with Crippen molar-refractivity contribution >= 4 is 21.5 Å². The van der Waals surface area contributed by atoms with E-state index >= 15 is 17.6 Å². The number of benzene rings is 5. The van der Waals surface area contributed by atoms with E-state index in [0.717, 1.165) is 0 Å². The van der Waals surface area contributed by atoms with E-state index in [1.165, 1.54) is 60.7 Å². The first-order chi connectivity index (χ1) is 16.3. The smallest absolute Gasteiger partial charge is 0.198 e. The minimum Gasteiger partial charge on any atom is -0.203 e. The van der Waals surface area contributed by atoms with Gasteiger partial charge < -0.3 is 0 Å². The van der Waals surface area contributed by atoms with Crippen molar-refractivity contribution in [2.75, 3.05) is 0 Å². The molecule has 0 nitrogen and oxygen atoms in total. The van der Waals surface area contributed by atoms with E-state index in [4.69, 9.17) is 0 Å². The fraction of sp³-hybridized carbons (Fsp3) is 0.